The van der Waals surface area contributed by atoms with Crippen molar-refractivity contribution in [3.63, 3.8) is 0 Å². The second kappa shape index (κ2) is 7.60. The molecular formula is C29H40O8. The molecule has 4 heterocycles. The lowest BCUT2D eigenvalue weighted by Gasteiger charge is -2.66. The first-order valence-corrected chi connectivity index (χ1v) is 13.7. The average Bonchev–Trinajstić information content (AvgIpc) is 3.30. The molecule has 1 N–H and O–H groups in total. The van der Waals surface area contributed by atoms with E-state index in [0.717, 1.165) is 18.4 Å². The molecule has 0 aromatic carbocycles. The van der Waals surface area contributed by atoms with Crippen LogP contribution in [0.25, 0.3) is 0 Å². The number of esters is 2. The van der Waals surface area contributed by atoms with Gasteiger partial charge in [-0.05, 0) is 64.9 Å². The monoisotopic (exact) mass is 516 g/mol. The van der Waals surface area contributed by atoms with Crippen molar-refractivity contribution in [2.24, 2.45) is 28.1 Å². The van der Waals surface area contributed by atoms with E-state index in [0.29, 0.717) is 6.42 Å². The molecule has 5 fully saturated rings. The lowest BCUT2D eigenvalue weighted by Crippen LogP contribution is -2.72. The number of hydrogen-bond donors (Lipinski definition) is 1. The van der Waals surface area contributed by atoms with Crippen LogP contribution in [0.4, 0.5) is 0 Å². The molecule has 0 radical (unpaired) electrons. The Morgan fingerprint density at radius 3 is 2.51 bits per heavy atom. The zero-order valence-electron chi connectivity index (χ0n) is 22.9. The first kappa shape index (κ1) is 25.4. The molecule has 0 amide bonds. The van der Waals surface area contributed by atoms with Crippen molar-refractivity contribution >= 4 is 11.9 Å². The number of aliphatic hydroxyl groups is 1. The molecule has 0 bridgehead atoms. The Morgan fingerprint density at radius 2 is 1.86 bits per heavy atom. The van der Waals surface area contributed by atoms with Gasteiger partial charge >= 0.3 is 11.9 Å². The summed E-state index contributed by atoms with van der Waals surface area (Å²) in [5.41, 5.74) is -2.32. The fourth-order valence-electron chi connectivity index (χ4n) is 9.69. The maximum atomic E-state index is 13.2. The molecule has 37 heavy (non-hydrogen) atoms. The highest BCUT2D eigenvalue weighted by Crippen LogP contribution is 2.80. The van der Waals surface area contributed by atoms with E-state index in [4.69, 9.17) is 23.4 Å². The minimum atomic E-state index is -0.886. The van der Waals surface area contributed by atoms with Crippen LogP contribution in [-0.2, 0) is 28.5 Å². The number of ether oxygens (including phenoxy) is 4. The number of aliphatic hydroxyl groups excluding tert-OH is 1. The van der Waals surface area contributed by atoms with E-state index >= 15 is 0 Å². The first-order chi connectivity index (χ1) is 17.2. The largest absolute Gasteiger partial charge is 0.472 e. The van der Waals surface area contributed by atoms with Gasteiger partial charge in [-0.1, -0.05) is 20.8 Å². The molecule has 204 valence electrons. The number of furan rings is 1. The van der Waals surface area contributed by atoms with Crippen LogP contribution in [0.5, 0.6) is 0 Å². The van der Waals surface area contributed by atoms with Crippen LogP contribution in [0.15, 0.2) is 23.0 Å². The number of cyclic esters (lactones) is 1. The normalized spacial score (nSPS) is 49.4. The van der Waals surface area contributed by atoms with E-state index < -0.39 is 45.8 Å². The molecule has 8 heteroatoms. The maximum absolute atomic E-state index is 13.2. The van der Waals surface area contributed by atoms with Gasteiger partial charge in [-0.15, -0.1) is 0 Å². The molecule has 3 saturated heterocycles. The molecule has 1 aromatic rings. The highest BCUT2D eigenvalue weighted by molar-refractivity contribution is 5.82. The Balaban J connectivity index is 1.45. The molecule has 5 aliphatic rings. The van der Waals surface area contributed by atoms with Gasteiger partial charge in [-0.2, -0.15) is 0 Å². The van der Waals surface area contributed by atoms with E-state index in [9.17, 15) is 14.7 Å². The van der Waals surface area contributed by atoms with Crippen LogP contribution in [-0.4, -0.2) is 52.7 Å². The summed E-state index contributed by atoms with van der Waals surface area (Å²) in [6, 6.07) is 1.84. The summed E-state index contributed by atoms with van der Waals surface area (Å²) in [7, 11) is 0. The van der Waals surface area contributed by atoms with Gasteiger partial charge in [-0.3, -0.25) is 4.79 Å². The van der Waals surface area contributed by atoms with Crippen LogP contribution in [0.3, 0.4) is 0 Å². The third kappa shape index (κ3) is 2.95. The SMILES string of the molecule is CC(C)OC(=O)CC1OC(C)(C)C2CC(O)C3(C)C(CCC4(C)C(c5ccoc5)OC(=O)C5OC543)C12C. The highest BCUT2D eigenvalue weighted by Gasteiger charge is 2.88. The summed E-state index contributed by atoms with van der Waals surface area (Å²) < 4.78 is 30.0. The number of carbonyl (C=O) groups excluding carboxylic acids is 2. The molecule has 3 aliphatic heterocycles. The van der Waals surface area contributed by atoms with Crippen molar-refractivity contribution in [3.8, 4) is 0 Å². The van der Waals surface area contributed by atoms with Gasteiger partial charge in [0.15, 0.2) is 6.10 Å². The van der Waals surface area contributed by atoms with Crippen LogP contribution in [0.1, 0.15) is 85.8 Å². The Bertz CT molecular complexity index is 1110. The molecule has 1 spiro atoms. The number of rotatable bonds is 4. The van der Waals surface area contributed by atoms with Crippen molar-refractivity contribution in [2.75, 3.05) is 0 Å². The standard InChI is InChI=1S/C29H40O8/c1-15(2)34-21(31)13-20-27(6)17-8-10-26(5)22(16-9-11-33-14-16)35-24(32)23-29(26,37-23)28(17,7)19(30)12-18(27)25(3,4)36-20/h9,11,14-15,17-20,22-23,30H,8,10,12-13H2,1-7H3. The van der Waals surface area contributed by atoms with Gasteiger partial charge in [-0.25, -0.2) is 4.79 Å². The fourth-order valence-corrected chi connectivity index (χ4v) is 9.69. The Hall–Kier alpha value is -1.90. The van der Waals surface area contributed by atoms with E-state index in [1.165, 1.54) is 0 Å². The Morgan fingerprint density at radius 1 is 1.14 bits per heavy atom. The van der Waals surface area contributed by atoms with Gasteiger partial charge < -0.3 is 28.5 Å². The van der Waals surface area contributed by atoms with Gasteiger partial charge in [0.2, 0.25) is 0 Å². The number of hydrogen-bond acceptors (Lipinski definition) is 8. The molecule has 2 aliphatic carbocycles. The molecular weight excluding hydrogens is 476 g/mol. The fraction of sp³-hybridized carbons (Fsp3) is 0.793. The second-order valence-corrected chi connectivity index (χ2v) is 13.5. The topological polar surface area (TPSA) is 108 Å². The van der Waals surface area contributed by atoms with Crippen LogP contribution in [0.2, 0.25) is 0 Å². The predicted octanol–water partition coefficient (Wildman–Crippen LogP) is 4.34. The lowest BCUT2D eigenvalue weighted by atomic mass is 9.37. The molecule has 8 nitrogen and oxygen atoms in total. The van der Waals surface area contributed by atoms with E-state index in [1.54, 1.807) is 12.5 Å². The van der Waals surface area contributed by atoms with Gasteiger partial charge in [0, 0.05) is 21.8 Å². The van der Waals surface area contributed by atoms with Crippen LogP contribution >= 0.6 is 0 Å². The van der Waals surface area contributed by atoms with Crippen molar-refractivity contribution in [2.45, 2.75) is 116 Å². The second-order valence-electron chi connectivity index (χ2n) is 13.5. The van der Waals surface area contributed by atoms with Crippen molar-refractivity contribution in [3.05, 3.63) is 24.2 Å². The summed E-state index contributed by atoms with van der Waals surface area (Å²) in [5.74, 6) is -0.666. The quantitative estimate of drug-likeness (QED) is 0.465. The summed E-state index contributed by atoms with van der Waals surface area (Å²) in [6.45, 7) is 14.3. The third-order valence-corrected chi connectivity index (χ3v) is 11.2. The summed E-state index contributed by atoms with van der Waals surface area (Å²) in [4.78, 5) is 26.1. The van der Waals surface area contributed by atoms with Crippen molar-refractivity contribution in [1.29, 1.82) is 0 Å². The van der Waals surface area contributed by atoms with Gasteiger partial charge in [0.1, 0.15) is 11.7 Å². The minimum Gasteiger partial charge on any atom is -0.472 e. The molecule has 10 unspecified atom stereocenters. The zero-order chi connectivity index (χ0) is 26.8. The van der Waals surface area contributed by atoms with E-state index in [2.05, 4.69) is 34.6 Å². The molecule has 1 aromatic heterocycles. The predicted molar refractivity (Wildman–Crippen MR) is 131 cm³/mol. The van der Waals surface area contributed by atoms with Gasteiger partial charge in [0.25, 0.3) is 0 Å². The number of fused-ring (bicyclic) bond motifs is 3. The smallest absolute Gasteiger partial charge is 0.339 e. The van der Waals surface area contributed by atoms with E-state index in [-0.39, 0.29) is 42.4 Å². The highest BCUT2D eigenvalue weighted by atomic mass is 16.7. The lowest BCUT2D eigenvalue weighted by molar-refractivity contribution is -0.246. The minimum absolute atomic E-state index is 0.0306. The van der Waals surface area contributed by atoms with Crippen molar-refractivity contribution < 1.29 is 38.1 Å². The molecule has 6 rings (SSSR count). The maximum Gasteiger partial charge on any atom is 0.339 e. The zero-order valence-corrected chi connectivity index (χ0v) is 22.9. The third-order valence-electron chi connectivity index (χ3n) is 11.2. The summed E-state index contributed by atoms with van der Waals surface area (Å²) in [5, 5.41) is 12.0. The first-order valence-electron chi connectivity index (χ1n) is 13.7. The van der Waals surface area contributed by atoms with Gasteiger partial charge in [0.05, 0.1) is 42.9 Å². The van der Waals surface area contributed by atoms with Crippen LogP contribution < -0.4 is 0 Å². The van der Waals surface area contributed by atoms with Crippen LogP contribution in [0, 0.1) is 28.1 Å². The molecule has 2 saturated carbocycles. The van der Waals surface area contributed by atoms with E-state index in [1.807, 2.05) is 19.9 Å². The van der Waals surface area contributed by atoms with Crippen molar-refractivity contribution in [1.82, 2.24) is 0 Å². The number of carbonyl (C=O) groups is 2. The Kier molecular flexibility index (Phi) is 5.22. The average molecular weight is 517 g/mol. The molecule has 10 atom stereocenters. The summed E-state index contributed by atoms with van der Waals surface area (Å²) in [6.07, 6.45) is 2.89. The Labute approximate surface area is 218 Å². The summed E-state index contributed by atoms with van der Waals surface area (Å²) >= 11 is 0. The number of epoxide rings is 1.